The highest BCUT2D eigenvalue weighted by Crippen LogP contribution is 2.69. The molecular weight excluding hydrogens is 544 g/mol. The van der Waals surface area contributed by atoms with Gasteiger partial charge in [0.05, 0.1) is 19.3 Å². The molecule has 1 N–H and O–H groups in total. The van der Waals surface area contributed by atoms with Crippen molar-refractivity contribution < 1.29 is 28.5 Å². The molecule has 0 aromatic heterocycles. The summed E-state index contributed by atoms with van der Waals surface area (Å²) in [4.78, 5) is 0. The van der Waals surface area contributed by atoms with Crippen LogP contribution in [0, 0.1) is 51.8 Å². The highest BCUT2D eigenvalue weighted by Gasteiger charge is 2.67. The zero-order valence-corrected chi connectivity index (χ0v) is 29.6. The number of allylic oxidation sites excluding steroid dienone is 2. The second-order valence-electron chi connectivity index (χ2n) is 17.6. The van der Waals surface area contributed by atoms with E-state index in [4.69, 9.17) is 23.4 Å². The summed E-state index contributed by atoms with van der Waals surface area (Å²) in [5.74, 6) is 1.23. The standard InChI is InChI=1S/C35H62O6Si/c1-23(30-38-20-32(5,6)21-39-30)27-14-15-28-26-13-12-24-18-25(41-42(10,11)31(2,3)4)19-35(36,40-22-37-9)34(24,8)29(26)16-17-33(27,28)7/h12-13,23-30,36H,14-22H2,1-11H3/t23?,24?,25?,26-,27+,28-,29-,33+,34-,35?/m0/s1. The minimum Gasteiger partial charge on any atom is -0.414 e. The number of ether oxygens (including phenoxy) is 4. The van der Waals surface area contributed by atoms with E-state index in [0.29, 0.717) is 36.0 Å². The van der Waals surface area contributed by atoms with Crippen LogP contribution < -0.4 is 0 Å². The Kier molecular flexibility index (Phi) is 8.83. The molecule has 0 radical (unpaired) electrons. The van der Waals surface area contributed by atoms with Crippen molar-refractivity contribution in [1.82, 2.24) is 0 Å². The summed E-state index contributed by atoms with van der Waals surface area (Å²) in [6.45, 7) is 24.8. The lowest BCUT2D eigenvalue weighted by atomic mass is 9.44. The van der Waals surface area contributed by atoms with E-state index in [2.05, 4.69) is 80.6 Å². The molecule has 5 rings (SSSR count). The molecule has 6 nitrogen and oxygen atoms in total. The fourth-order valence-corrected chi connectivity index (χ4v) is 11.2. The van der Waals surface area contributed by atoms with Crippen molar-refractivity contribution in [3.63, 3.8) is 0 Å². The molecule has 0 aromatic rings. The monoisotopic (exact) mass is 606 g/mol. The molecule has 7 heteroatoms. The van der Waals surface area contributed by atoms with Crippen molar-refractivity contribution in [1.29, 1.82) is 0 Å². The van der Waals surface area contributed by atoms with Gasteiger partial charge in [-0.25, -0.2) is 0 Å². The third-order valence-corrected chi connectivity index (χ3v) is 17.9. The summed E-state index contributed by atoms with van der Waals surface area (Å²) in [5, 5.41) is 12.7. The fourth-order valence-electron chi connectivity index (χ4n) is 9.85. The predicted molar refractivity (Wildman–Crippen MR) is 169 cm³/mol. The predicted octanol–water partition coefficient (Wildman–Crippen LogP) is 7.77. The van der Waals surface area contributed by atoms with Gasteiger partial charge in [0, 0.05) is 30.3 Å². The van der Waals surface area contributed by atoms with Gasteiger partial charge in [-0.2, -0.15) is 0 Å². The van der Waals surface area contributed by atoms with Crippen LogP contribution in [-0.2, 0) is 23.4 Å². The summed E-state index contributed by atoms with van der Waals surface area (Å²) < 4.78 is 31.3. The maximum absolute atomic E-state index is 12.6. The van der Waals surface area contributed by atoms with Crippen LogP contribution in [0.15, 0.2) is 12.2 Å². The van der Waals surface area contributed by atoms with Gasteiger partial charge in [0.15, 0.2) is 20.4 Å². The summed E-state index contributed by atoms with van der Waals surface area (Å²) in [7, 11) is -0.368. The minimum absolute atomic E-state index is 0.0296. The molecule has 42 heavy (non-hydrogen) atoms. The molecule has 4 fully saturated rings. The first kappa shape index (κ1) is 33.1. The second-order valence-corrected chi connectivity index (χ2v) is 22.3. The molecule has 5 aliphatic rings. The normalized spacial score (nSPS) is 44.8. The van der Waals surface area contributed by atoms with Crippen LogP contribution in [0.2, 0.25) is 18.1 Å². The molecule has 0 bridgehead atoms. The van der Waals surface area contributed by atoms with Gasteiger partial charge in [-0.15, -0.1) is 0 Å². The van der Waals surface area contributed by atoms with Crippen LogP contribution in [-0.4, -0.2) is 58.7 Å². The van der Waals surface area contributed by atoms with E-state index >= 15 is 0 Å². The van der Waals surface area contributed by atoms with Crippen molar-refractivity contribution >= 4 is 8.32 Å². The Hall–Kier alpha value is -0.283. The lowest BCUT2D eigenvalue weighted by Crippen LogP contribution is -2.66. The van der Waals surface area contributed by atoms with Crippen LogP contribution in [0.1, 0.15) is 93.9 Å². The van der Waals surface area contributed by atoms with E-state index in [-0.39, 0.29) is 41.0 Å². The van der Waals surface area contributed by atoms with Gasteiger partial charge < -0.3 is 28.5 Å². The van der Waals surface area contributed by atoms with Crippen molar-refractivity contribution in [2.75, 3.05) is 27.1 Å². The second kappa shape index (κ2) is 11.2. The Morgan fingerprint density at radius 3 is 2.29 bits per heavy atom. The molecule has 0 spiro atoms. The Balaban J connectivity index is 1.40. The number of hydrogen-bond donors (Lipinski definition) is 1. The topological polar surface area (TPSA) is 66.4 Å². The number of aliphatic hydroxyl groups is 1. The van der Waals surface area contributed by atoms with Crippen molar-refractivity contribution in [3.8, 4) is 0 Å². The lowest BCUT2D eigenvalue weighted by molar-refractivity contribution is -0.348. The van der Waals surface area contributed by atoms with Crippen LogP contribution in [0.3, 0.4) is 0 Å². The van der Waals surface area contributed by atoms with Gasteiger partial charge in [0.2, 0.25) is 0 Å². The Labute approximate surface area is 257 Å². The Bertz CT molecular complexity index is 996. The van der Waals surface area contributed by atoms with Gasteiger partial charge in [0.1, 0.15) is 6.79 Å². The maximum atomic E-state index is 12.6. The Morgan fingerprint density at radius 2 is 1.67 bits per heavy atom. The van der Waals surface area contributed by atoms with Gasteiger partial charge in [0.25, 0.3) is 0 Å². The van der Waals surface area contributed by atoms with E-state index in [1.807, 2.05) is 0 Å². The van der Waals surface area contributed by atoms with Gasteiger partial charge in [-0.1, -0.05) is 67.5 Å². The highest BCUT2D eigenvalue weighted by atomic mass is 28.4. The summed E-state index contributed by atoms with van der Waals surface area (Å²) in [6.07, 6.45) is 11.0. The van der Waals surface area contributed by atoms with Gasteiger partial charge in [-0.3, -0.25) is 0 Å². The molecule has 4 aliphatic carbocycles. The SMILES string of the molecule is COCOC1(O)CC(O[Si](C)(C)C(C)(C)C)CC2C=C[C@H]3[C@@H]4CC[C@H](C(C)C5OCC(C)(C)CO5)[C@@]4(C)CC[C@@H]3[C@]21C. The molecule has 10 atom stereocenters. The van der Waals surface area contributed by atoms with Crippen molar-refractivity contribution in [3.05, 3.63) is 12.2 Å². The highest BCUT2D eigenvalue weighted by molar-refractivity contribution is 6.74. The summed E-state index contributed by atoms with van der Waals surface area (Å²) in [6, 6.07) is 0. The molecule has 1 heterocycles. The fraction of sp³-hybridized carbons (Fsp3) is 0.943. The van der Waals surface area contributed by atoms with E-state index in [1.54, 1.807) is 7.11 Å². The lowest BCUT2D eigenvalue weighted by Gasteiger charge is -2.64. The number of fused-ring (bicyclic) bond motifs is 5. The van der Waals surface area contributed by atoms with E-state index in [0.717, 1.165) is 26.1 Å². The smallest absolute Gasteiger partial charge is 0.192 e. The molecule has 1 aliphatic heterocycles. The molecule has 0 aromatic carbocycles. The molecule has 4 unspecified atom stereocenters. The summed E-state index contributed by atoms with van der Waals surface area (Å²) >= 11 is 0. The summed E-state index contributed by atoms with van der Waals surface area (Å²) in [5.41, 5.74) is -0.0714. The Morgan fingerprint density at radius 1 is 1.00 bits per heavy atom. The quantitative estimate of drug-likeness (QED) is 0.181. The third kappa shape index (κ3) is 5.43. The molecule has 1 saturated heterocycles. The van der Waals surface area contributed by atoms with E-state index in [1.165, 1.54) is 19.3 Å². The average Bonchev–Trinajstić information content (AvgIpc) is 3.24. The van der Waals surface area contributed by atoms with Gasteiger partial charge in [-0.05, 0) is 85.2 Å². The molecule has 0 amide bonds. The first-order chi connectivity index (χ1) is 19.4. The molecule has 3 saturated carbocycles. The number of methoxy groups -OCH3 is 1. The van der Waals surface area contributed by atoms with E-state index < -0.39 is 19.5 Å². The first-order valence-electron chi connectivity index (χ1n) is 16.8. The zero-order valence-electron chi connectivity index (χ0n) is 28.6. The van der Waals surface area contributed by atoms with Crippen LogP contribution >= 0.6 is 0 Å². The minimum atomic E-state index is -2.01. The van der Waals surface area contributed by atoms with Crippen LogP contribution in [0.5, 0.6) is 0 Å². The molecular formula is C35H62O6Si. The maximum Gasteiger partial charge on any atom is 0.192 e. The van der Waals surface area contributed by atoms with Gasteiger partial charge >= 0.3 is 0 Å². The number of rotatable bonds is 7. The number of hydrogen-bond acceptors (Lipinski definition) is 6. The van der Waals surface area contributed by atoms with Crippen molar-refractivity contribution in [2.24, 2.45) is 51.8 Å². The average molecular weight is 607 g/mol. The zero-order chi connectivity index (χ0) is 30.9. The largest absolute Gasteiger partial charge is 0.414 e. The van der Waals surface area contributed by atoms with Crippen molar-refractivity contribution in [2.45, 2.75) is 130 Å². The molecule has 242 valence electrons. The van der Waals surface area contributed by atoms with Crippen LogP contribution in [0.4, 0.5) is 0 Å². The van der Waals surface area contributed by atoms with E-state index in [9.17, 15) is 5.11 Å². The first-order valence-corrected chi connectivity index (χ1v) is 19.7. The van der Waals surface area contributed by atoms with Crippen LogP contribution in [0.25, 0.3) is 0 Å². The third-order valence-electron chi connectivity index (χ3n) is 13.4.